The lowest BCUT2D eigenvalue weighted by Crippen LogP contribution is -2.09. The highest BCUT2D eigenvalue weighted by Crippen LogP contribution is 2.43. The molecule has 0 bridgehead atoms. The summed E-state index contributed by atoms with van der Waals surface area (Å²) in [4.78, 5) is 13.0. The second-order valence-corrected chi connectivity index (χ2v) is 6.77. The summed E-state index contributed by atoms with van der Waals surface area (Å²) in [6.07, 6.45) is 0. The maximum atomic E-state index is 14.2. The fourth-order valence-corrected chi connectivity index (χ4v) is 4.18. The van der Waals surface area contributed by atoms with Crippen LogP contribution in [0.2, 0.25) is 0 Å². The molecule has 0 fully saturated rings. The van der Waals surface area contributed by atoms with E-state index in [2.05, 4.69) is 0 Å². The van der Waals surface area contributed by atoms with E-state index < -0.39 is 5.97 Å². The molecule has 0 aliphatic heterocycles. The zero-order valence-corrected chi connectivity index (χ0v) is 15.0. The number of hydrogen-bond acceptors (Lipinski definition) is 3. The number of halogens is 1. The van der Waals surface area contributed by atoms with E-state index in [0.29, 0.717) is 5.56 Å². The minimum absolute atomic E-state index is 0.167. The molecular weight excluding hydrogens is 341 g/mol. The number of hydrogen-bond donors (Lipinski definition) is 1. The van der Waals surface area contributed by atoms with Gasteiger partial charge < -0.3 is 14.4 Å². The van der Waals surface area contributed by atoms with Gasteiger partial charge in [-0.3, -0.25) is 4.79 Å². The van der Waals surface area contributed by atoms with Crippen molar-refractivity contribution >= 4 is 28.6 Å². The predicted molar refractivity (Wildman–Crippen MR) is 96.1 cm³/mol. The summed E-state index contributed by atoms with van der Waals surface area (Å²) >= 11 is 1.46. The number of methoxy groups -OCH3 is 1. The van der Waals surface area contributed by atoms with Gasteiger partial charge in [0.25, 0.3) is 0 Å². The predicted octanol–water partition coefficient (Wildman–Crippen LogP) is 4.64. The molecule has 1 N–H and O–H groups in total. The highest BCUT2D eigenvalue weighted by molar-refractivity contribution is 7.99. The standard InChI is InChI=1S/C19H18FNO3S/c1-11-13(20)8-9-14-18(11)19(12(2)21(14)10-17(22)23)25-16-7-5-4-6-15(16)24-3/h4-9H,10H2,1-3H3,(H,22,23). The van der Waals surface area contributed by atoms with E-state index in [1.54, 1.807) is 24.7 Å². The molecule has 3 rings (SSSR count). The van der Waals surface area contributed by atoms with Gasteiger partial charge in [0.15, 0.2) is 0 Å². The van der Waals surface area contributed by atoms with Crippen LogP contribution in [0.25, 0.3) is 10.9 Å². The Bertz CT molecular complexity index is 965. The van der Waals surface area contributed by atoms with Crippen LogP contribution < -0.4 is 4.74 Å². The van der Waals surface area contributed by atoms with Gasteiger partial charge in [0.1, 0.15) is 18.1 Å². The largest absolute Gasteiger partial charge is 0.496 e. The summed E-state index contributed by atoms with van der Waals surface area (Å²) in [6.45, 7) is 3.41. The van der Waals surface area contributed by atoms with Crippen molar-refractivity contribution in [2.45, 2.75) is 30.2 Å². The minimum Gasteiger partial charge on any atom is -0.496 e. The molecule has 0 radical (unpaired) electrons. The van der Waals surface area contributed by atoms with Gasteiger partial charge in [-0.05, 0) is 43.7 Å². The highest BCUT2D eigenvalue weighted by atomic mass is 32.2. The Kier molecular flexibility index (Phi) is 4.72. The molecular formula is C19H18FNO3S. The van der Waals surface area contributed by atoms with Gasteiger partial charge >= 0.3 is 5.97 Å². The third kappa shape index (κ3) is 3.09. The summed E-state index contributed by atoms with van der Waals surface area (Å²) in [5.74, 6) is -0.516. The van der Waals surface area contributed by atoms with Crippen molar-refractivity contribution in [3.8, 4) is 5.75 Å². The molecule has 0 unspecified atom stereocenters. The Hall–Kier alpha value is -2.47. The van der Waals surface area contributed by atoms with Gasteiger partial charge in [0, 0.05) is 16.0 Å². The number of nitrogens with zero attached hydrogens (tertiary/aromatic N) is 1. The first-order chi connectivity index (χ1) is 11.9. The van der Waals surface area contributed by atoms with Crippen molar-refractivity contribution in [3.63, 3.8) is 0 Å². The zero-order valence-electron chi connectivity index (χ0n) is 14.2. The average molecular weight is 359 g/mol. The van der Waals surface area contributed by atoms with Crippen LogP contribution in [0.5, 0.6) is 5.75 Å². The second-order valence-electron chi connectivity index (χ2n) is 5.71. The Balaban J connectivity index is 2.24. The molecule has 1 aromatic heterocycles. The molecule has 4 nitrogen and oxygen atoms in total. The van der Waals surface area contributed by atoms with Crippen molar-refractivity contribution in [2.24, 2.45) is 0 Å². The van der Waals surface area contributed by atoms with Crippen LogP contribution in [0.3, 0.4) is 0 Å². The molecule has 2 aromatic carbocycles. The van der Waals surface area contributed by atoms with Crippen LogP contribution in [0.4, 0.5) is 4.39 Å². The lowest BCUT2D eigenvalue weighted by molar-refractivity contribution is -0.137. The second kappa shape index (κ2) is 6.80. The Labute approximate surface area is 149 Å². The first-order valence-corrected chi connectivity index (χ1v) is 8.56. The van der Waals surface area contributed by atoms with E-state index in [-0.39, 0.29) is 12.4 Å². The molecule has 0 spiro atoms. The number of aliphatic carboxylic acids is 1. The third-order valence-corrected chi connectivity index (χ3v) is 5.46. The number of ether oxygens (including phenoxy) is 1. The van der Waals surface area contributed by atoms with Crippen LogP contribution in [-0.2, 0) is 11.3 Å². The average Bonchev–Trinajstić information content (AvgIpc) is 2.84. The molecule has 0 saturated carbocycles. The number of aryl methyl sites for hydroxylation is 1. The van der Waals surface area contributed by atoms with Gasteiger partial charge in [-0.15, -0.1) is 0 Å². The van der Waals surface area contributed by atoms with Crippen LogP contribution in [0, 0.1) is 19.7 Å². The normalized spacial score (nSPS) is 11.0. The quantitative estimate of drug-likeness (QED) is 0.721. The topological polar surface area (TPSA) is 51.5 Å². The van der Waals surface area contributed by atoms with Crippen LogP contribution in [-0.4, -0.2) is 22.8 Å². The molecule has 6 heteroatoms. The van der Waals surface area contributed by atoms with E-state index in [0.717, 1.165) is 32.1 Å². The van der Waals surface area contributed by atoms with Gasteiger partial charge in [0.05, 0.1) is 17.5 Å². The number of benzene rings is 2. The molecule has 0 atom stereocenters. The van der Waals surface area contributed by atoms with E-state index in [1.165, 1.54) is 17.8 Å². The fourth-order valence-electron chi connectivity index (χ4n) is 2.94. The van der Waals surface area contributed by atoms with E-state index >= 15 is 0 Å². The molecule has 0 saturated heterocycles. The van der Waals surface area contributed by atoms with Gasteiger partial charge in [0.2, 0.25) is 0 Å². The van der Waals surface area contributed by atoms with Crippen LogP contribution >= 0.6 is 11.8 Å². The molecule has 3 aromatic rings. The first kappa shape index (κ1) is 17.4. The van der Waals surface area contributed by atoms with E-state index in [1.807, 2.05) is 31.2 Å². The minimum atomic E-state index is -0.934. The maximum Gasteiger partial charge on any atom is 0.323 e. The summed E-state index contributed by atoms with van der Waals surface area (Å²) in [6, 6.07) is 10.6. The van der Waals surface area contributed by atoms with Crippen molar-refractivity contribution < 1.29 is 19.0 Å². The monoisotopic (exact) mass is 359 g/mol. The Morgan fingerprint density at radius 2 is 1.96 bits per heavy atom. The number of carboxylic acids is 1. The Morgan fingerprint density at radius 3 is 2.64 bits per heavy atom. The van der Waals surface area contributed by atoms with Crippen LogP contribution in [0.15, 0.2) is 46.2 Å². The van der Waals surface area contributed by atoms with Crippen molar-refractivity contribution in [1.29, 1.82) is 0 Å². The number of aromatic nitrogens is 1. The summed E-state index contributed by atoms with van der Waals surface area (Å²) < 4.78 is 21.3. The SMILES string of the molecule is COc1ccccc1Sc1c(C)n(CC(=O)O)c2ccc(F)c(C)c12. The summed E-state index contributed by atoms with van der Waals surface area (Å²) in [5, 5.41) is 9.98. The first-order valence-electron chi connectivity index (χ1n) is 7.74. The van der Waals surface area contributed by atoms with Gasteiger partial charge in [-0.2, -0.15) is 0 Å². The molecule has 0 amide bonds. The number of rotatable bonds is 5. The molecule has 130 valence electrons. The molecule has 25 heavy (non-hydrogen) atoms. The number of para-hydroxylation sites is 1. The van der Waals surface area contributed by atoms with Crippen molar-refractivity contribution in [2.75, 3.05) is 7.11 Å². The number of carboxylic acid groups (broad SMARTS) is 1. The molecule has 1 heterocycles. The fraction of sp³-hybridized carbons (Fsp3) is 0.211. The van der Waals surface area contributed by atoms with Crippen molar-refractivity contribution in [3.05, 3.63) is 53.5 Å². The highest BCUT2D eigenvalue weighted by Gasteiger charge is 2.20. The smallest absolute Gasteiger partial charge is 0.323 e. The van der Waals surface area contributed by atoms with E-state index in [4.69, 9.17) is 4.74 Å². The van der Waals surface area contributed by atoms with Gasteiger partial charge in [-0.1, -0.05) is 23.9 Å². The maximum absolute atomic E-state index is 14.2. The third-order valence-electron chi connectivity index (χ3n) is 4.20. The van der Waals surface area contributed by atoms with E-state index in [9.17, 15) is 14.3 Å². The number of fused-ring (bicyclic) bond motifs is 1. The summed E-state index contributed by atoms with van der Waals surface area (Å²) in [5.41, 5.74) is 2.03. The zero-order chi connectivity index (χ0) is 18.1. The van der Waals surface area contributed by atoms with Gasteiger partial charge in [-0.25, -0.2) is 4.39 Å². The lowest BCUT2D eigenvalue weighted by atomic mass is 10.1. The van der Waals surface area contributed by atoms with Crippen molar-refractivity contribution in [1.82, 2.24) is 4.57 Å². The van der Waals surface area contributed by atoms with Crippen LogP contribution in [0.1, 0.15) is 11.3 Å². The lowest BCUT2D eigenvalue weighted by Gasteiger charge is -2.09. The Morgan fingerprint density at radius 1 is 1.24 bits per heavy atom. The summed E-state index contributed by atoms with van der Waals surface area (Å²) in [7, 11) is 1.60. The number of carbonyl (C=O) groups is 1. The molecule has 0 aliphatic carbocycles. The molecule has 0 aliphatic rings.